The maximum absolute atomic E-state index is 11.5. The van der Waals surface area contributed by atoms with Gasteiger partial charge in [0, 0.05) is 12.3 Å². The molecule has 8 heteroatoms. The number of H-pyrrole nitrogens is 1. The van der Waals surface area contributed by atoms with Crippen molar-refractivity contribution in [1.82, 2.24) is 9.55 Å². The number of nitrogens with zero attached hydrogens (tertiary/aromatic N) is 1. The van der Waals surface area contributed by atoms with Crippen LogP contribution in [0.1, 0.15) is 6.23 Å². The molecule has 0 spiro atoms. The van der Waals surface area contributed by atoms with Crippen molar-refractivity contribution in [2.45, 2.75) is 24.5 Å². The van der Waals surface area contributed by atoms with Crippen LogP contribution in [0.2, 0.25) is 0 Å². The lowest BCUT2D eigenvalue weighted by Crippen LogP contribution is -2.42. The fourth-order valence-electron chi connectivity index (χ4n) is 1.77. The second-order valence-corrected chi connectivity index (χ2v) is 3.72. The van der Waals surface area contributed by atoms with E-state index < -0.39 is 42.4 Å². The summed E-state index contributed by atoms with van der Waals surface area (Å²) in [5.41, 5.74) is -1.42. The molecule has 0 aliphatic carbocycles. The predicted molar refractivity (Wildman–Crippen MR) is 54.3 cm³/mol. The lowest BCUT2D eigenvalue weighted by Gasteiger charge is -2.15. The van der Waals surface area contributed by atoms with Crippen LogP contribution in [0.3, 0.4) is 0 Å². The van der Waals surface area contributed by atoms with Crippen LogP contribution in [0.5, 0.6) is 0 Å². The average Bonchev–Trinajstić information content (AvgIpc) is 2.57. The van der Waals surface area contributed by atoms with Crippen LogP contribution < -0.4 is 11.2 Å². The van der Waals surface area contributed by atoms with E-state index in [1.807, 2.05) is 0 Å². The molecule has 94 valence electrons. The normalized spacial score (nSPS) is 32.9. The van der Waals surface area contributed by atoms with Gasteiger partial charge in [0.15, 0.2) is 6.23 Å². The third kappa shape index (κ3) is 1.91. The van der Waals surface area contributed by atoms with Crippen molar-refractivity contribution in [3.8, 4) is 0 Å². The molecule has 1 saturated heterocycles. The summed E-state index contributed by atoms with van der Waals surface area (Å²) in [7, 11) is 0. The van der Waals surface area contributed by atoms with Gasteiger partial charge in [0.2, 0.25) is 0 Å². The Morgan fingerprint density at radius 1 is 1.35 bits per heavy atom. The van der Waals surface area contributed by atoms with Crippen molar-refractivity contribution >= 4 is 0 Å². The Balaban J connectivity index is 2.42. The van der Waals surface area contributed by atoms with Gasteiger partial charge in [-0.2, -0.15) is 0 Å². The maximum atomic E-state index is 11.5. The number of nitrogens with one attached hydrogen (secondary N) is 1. The molecule has 0 radical (unpaired) electrons. The second kappa shape index (κ2) is 4.41. The van der Waals surface area contributed by atoms with Crippen molar-refractivity contribution < 1.29 is 20.1 Å². The first-order valence-corrected chi connectivity index (χ1v) is 4.99. The largest absolute Gasteiger partial charge is 0.394 e. The van der Waals surface area contributed by atoms with Crippen LogP contribution >= 0.6 is 0 Å². The zero-order valence-corrected chi connectivity index (χ0v) is 8.68. The highest BCUT2D eigenvalue weighted by Gasteiger charge is 2.44. The Morgan fingerprint density at radius 2 is 2.06 bits per heavy atom. The summed E-state index contributed by atoms with van der Waals surface area (Å²) >= 11 is 0. The molecule has 0 amide bonds. The van der Waals surface area contributed by atoms with E-state index in [0.29, 0.717) is 4.57 Å². The summed E-state index contributed by atoms with van der Waals surface area (Å²) in [6.07, 6.45) is -3.96. The van der Waals surface area contributed by atoms with Gasteiger partial charge in [0.25, 0.3) is 5.56 Å². The van der Waals surface area contributed by atoms with Gasteiger partial charge in [-0.25, -0.2) is 9.36 Å². The molecule has 2 rings (SSSR count). The van der Waals surface area contributed by atoms with E-state index >= 15 is 0 Å². The summed E-state index contributed by atoms with van der Waals surface area (Å²) in [6, 6.07) is 1.09. The molecule has 0 aromatic carbocycles. The molecular weight excluding hydrogens is 232 g/mol. The molecule has 1 aromatic heterocycles. The van der Waals surface area contributed by atoms with Gasteiger partial charge < -0.3 is 25.0 Å². The Kier molecular flexibility index (Phi) is 3.11. The smallest absolute Gasteiger partial charge is 0.330 e. The van der Waals surface area contributed by atoms with Crippen LogP contribution in [0, 0.1) is 0 Å². The summed E-state index contributed by atoms with van der Waals surface area (Å²) in [6.45, 7) is -0.520. The van der Waals surface area contributed by atoms with Crippen molar-refractivity contribution in [2.24, 2.45) is 0 Å². The molecule has 4 atom stereocenters. The maximum Gasteiger partial charge on any atom is 0.330 e. The van der Waals surface area contributed by atoms with Gasteiger partial charge >= 0.3 is 5.69 Å². The minimum Gasteiger partial charge on any atom is -0.394 e. The Morgan fingerprint density at radius 3 is 2.59 bits per heavy atom. The second-order valence-electron chi connectivity index (χ2n) is 3.72. The number of aromatic nitrogens is 2. The topological polar surface area (TPSA) is 125 Å². The van der Waals surface area contributed by atoms with Crippen LogP contribution in [0.25, 0.3) is 0 Å². The molecule has 2 unspecified atom stereocenters. The first kappa shape index (κ1) is 12.0. The zero-order chi connectivity index (χ0) is 12.6. The lowest BCUT2D eigenvalue weighted by atomic mass is 10.1. The van der Waals surface area contributed by atoms with Crippen molar-refractivity contribution in [1.29, 1.82) is 0 Å². The number of rotatable bonds is 2. The molecular formula is C9H12N2O6. The molecule has 1 fully saturated rings. The highest BCUT2D eigenvalue weighted by molar-refractivity contribution is 4.93. The fourth-order valence-corrected chi connectivity index (χ4v) is 1.77. The van der Waals surface area contributed by atoms with Gasteiger partial charge in [0.1, 0.15) is 18.3 Å². The molecule has 1 aliphatic heterocycles. The molecule has 0 bridgehead atoms. The van der Waals surface area contributed by atoms with Gasteiger partial charge in [-0.15, -0.1) is 0 Å². The highest BCUT2D eigenvalue weighted by Crippen LogP contribution is 2.26. The molecule has 1 aliphatic rings. The Bertz CT molecular complexity index is 480. The minimum absolute atomic E-state index is 0.520. The van der Waals surface area contributed by atoms with Gasteiger partial charge in [0.05, 0.1) is 6.61 Å². The van der Waals surface area contributed by atoms with E-state index in [1.54, 1.807) is 0 Å². The van der Waals surface area contributed by atoms with E-state index in [4.69, 9.17) is 9.84 Å². The quantitative estimate of drug-likeness (QED) is 0.444. The van der Waals surface area contributed by atoms with Gasteiger partial charge in [-0.05, 0) is 0 Å². The highest BCUT2D eigenvalue weighted by atomic mass is 16.6. The van der Waals surface area contributed by atoms with Crippen LogP contribution in [-0.4, -0.2) is 49.8 Å². The third-order valence-electron chi connectivity index (χ3n) is 2.66. The van der Waals surface area contributed by atoms with E-state index in [2.05, 4.69) is 4.98 Å². The molecule has 2 heterocycles. The molecule has 8 nitrogen and oxygen atoms in total. The van der Waals surface area contributed by atoms with Crippen molar-refractivity contribution in [3.63, 3.8) is 0 Å². The minimum atomic E-state index is -1.45. The number of ether oxygens (including phenoxy) is 1. The number of hydrogen-bond acceptors (Lipinski definition) is 6. The number of hydrogen-bond donors (Lipinski definition) is 4. The van der Waals surface area contributed by atoms with Crippen LogP contribution in [-0.2, 0) is 4.74 Å². The number of aliphatic hydroxyl groups excluding tert-OH is 3. The molecule has 1 aromatic rings. The summed E-state index contributed by atoms with van der Waals surface area (Å²) < 4.78 is 5.73. The lowest BCUT2D eigenvalue weighted by molar-refractivity contribution is -0.0564. The molecule has 17 heavy (non-hydrogen) atoms. The monoisotopic (exact) mass is 244 g/mol. The average molecular weight is 244 g/mol. The van der Waals surface area contributed by atoms with Gasteiger partial charge in [-0.3, -0.25) is 4.79 Å². The molecule has 4 N–H and O–H groups in total. The van der Waals surface area contributed by atoms with Gasteiger partial charge in [-0.1, -0.05) is 0 Å². The summed E-state index contributed by atoms with van der Waals surface area (Å²) in [4.78, 5) is 25.2. The summed E-state index contributed by atoms with van der Waals surface area (Å²) in [5.74, 6) is 0. The molecule has 0 saturated carbocycles. The van der Waals surface area contributed by atoms with E-state index in [1.165, 1.54) is 6.20 Å². The van der Waals surface area contributed by atoms with Crippen LogP contribution in [0.4, 0.5) is 0 Å². The van der Waals surface area contributed by atoms with Crippen molar-refractivity contribution in [3.05, 3.63) is 33.1 Å². The summed E-state index contributed by atoms with van der Waals surface area (Å²) in [5, 5.41) is 28.1. The fraction of sp³-hybridized carbons (Fsp3) is 0.556. The Hall–Kier alpha value is -1.48. The number of aromatic amines is 1. The first-order chi connectivity index (χ1) is 8.06. The van der Waals surface area contributed by atoms with E-state index in [0.717, 1.165) is 6.07 Å². The van der Waals surface area contributed by atoms with Crippen LogP contribution in [0.15, 0.2) is 21.9 Å². The Labute approximate surface area is 94.7 Å². The van der Waals surface area contributed by atoms with E-state index in [-0.39, 0.29) is 0 Å². The van der Waals surface area contributed by atoms with Crippen molar-refractivity contribution in [2.75, 3.05) is 6.61 Å². The first-order valence-electron chi connectivity index (χ1n) is 4.99. The predicted octanol–water partition coefficient (Wildman–Crippen LogP) is -2.85. The third-order valence-corrected chi connectivity index (χ3v) is 2.66. The number of aliphatic hydroxyl groups is 3. The van der Waals surface area contributed by atoms with E-state index in [9.17, 15) is 19.8 Å². The standard InChI is InChI=1S/C9H12N2O6/c12-3-4-6(14)7(15)8(17-4)11-5(13)1-2-10-9(11)16/h1-2,4,6-8,12,14-15H,3H2,(H,10,16)/t4-,6?,7?,8-/m1/s1. The zero-order valence-electron chi connectivity index (χ0n) is 8.68. The SMILES string of the molecule is O=c1cc[nH]c(=O)n1[C@@H]1O[C@H](CO)C(O)C1O.